The standard InChI is InChI=1S/C9H15B.3CH3.Sn/c1-3-8-4-2-6-9(5-1)10-7-8;;;;/h7-9H,1-6H2;3*1H3;. The monoisotopic (exact) mass is 299 g/mol. The van der Waals surface area contributed by atoms with Crippen LogP contribution in [0.15, 0.2) is 0 Å². The average molecular weight is 298 g/mol. The molecule has 0 aromatic rings. The van der Waals surface area contributed by atoms with Gasteiger partial charge in [-0.1, -0.05) is 0 Å². The Bertz CT molecular complexity index is 187. The SMILES string of the molecule is [CH3][Sn]([CH3])([CH3])[CH]1[B]C2CCCC1CCC2. The summed E-state index contributed by atoms with van der Waals surface area (Å²) in [4.78, 5) is 7.91. The van der Waals surface area contributed by atoms with Crippen molar-refractivity contribution < 1.29 is 0 Å². The molecule has 1 atom stereocenters. The maximum atomic E-state index is 2.82. The van der Waals surface area contributed by atoms with Gasteiger partial charge in [-0.05, 0) is 0 Å². The van der Waals surface area contributed by atoms with E-state index in [9.17, 15) is 0 Å². The topological polar surface area (TPSA) is 0 Å². The van der Waals surface area contributed by atoms with Crippen LogP contribution in [0.1, 0.15) is 38.5 Å². The van der Waals surface area contributed by atoms with Crippen molar-refractivity contribution in [3.05, 3.63) is 0 Å². The van der Waals surface area contributed by atoms with Crippen molar-refractivity contribution in [1.82, 2.24) is 0 Å². The summed E-state index contributed by atoms with van der Waals surface area (Å²) in [6.45, 7) is 0. The third kappa shape index (κ3) is 2.51. The van der Waals surface area contributed by atoms with Gasteiger partial charge in [0.05, 0.1) is 0 Å². The normalized spacial score (nSPS) is 38.6. The van der Waals surface area contributed by atoms with E-state index in [4.69, 9.17) is 0 Å². The summed E-state index contributed by atoms with van der Waals surface area (Å²) in [6.07, 6.45) is 9.15. The fourth-order valence-electron chi connectivity index (χ4n) is 3.57. The fraction of sp³-hybridized carbons (Fsp3) is 1.00. The quantitative estimate of drug-likeness (QED) is 0.639. The van der Waals surface area contributed by atoms with Gasteiger partial charge in [0.15, 0.2) is 0 Å². The second kappa shape index (κ2) is 4.39. The van der Waals surface area contributed by atoms with Gasteiger partial charge < -0.3 is 0 Å². The molecule has 2 saturated heterocycles. The number of hydrogen-bond donors (Lipinski definition) is 0. The van der Waals surface area contributed by atoms with Crippen molar-refractivity contribution >= 4 is 25.7 Å². The van der Waals surface area contributed by atoms with Gasteiger partial charge in [-0.3, -0.25) is 0 Å². The Morgan fingerprint density at radius 1 is 0.929 bits per heavy atom. The first-order valence-electron chi connectivity index (χ1n) is 6.42. The summed E-state index contributed by atoms with van der Waals surface area (Å²) in [6, 6.07) is 0. The molecule has 2 aliphatic rings. The molecule has 0 aliphatic carbocycles. The molecule has 2 heterocycles. The molecule has 0 nitrogen and oxygen atoms in total. The Labute approximate surface area is 94.3 Å². The molecular formula is C12H24BSn. The predicted octanol–water partition coefficient (Wildman–Crippen LogP) is 4.13. The van der Waals surface area contributed by atoms with Crippen LogP contribution in [0.2, 0.25) is 24.5 Å². The maximum absolute atomic E-state index is 2.82. The van der Waals surface area contributed by atoms with Crippen molar-refractivity contribution in [2.24, 2.45) is 5.92 Å². The van der Waals surface area contributed by atoms with E-state index >= 15 is 0 Å². The summed E-state index contributed by atoms with van der Waals surface area (Å²) in [5.41, 5.74) is 0. The molecular weight excluding hydrogens is 274 g/mol. The Kier molecular flexibility index (Phi) is 3.56. The van der Waals surface area contributed by atoms with Gasteiger partial charge in [0.25, 0.3) is 0 Å². The first-order chi connectivity index (χ1) is 6.57. The number of rotatable bonds is 1. The van der Waals surface area contributed by atoms with Crippen LogP contribution in [0.5, 0.6) is 0 Å². The van der Waals surface area contributed by atoms with E-state index in [1.807, 2.05) is 0 Å². The van der Waals surface area contributed by atoms with Gasteiger partial charge in [-0.2, -0.15) is 0 Å². The first-order valence-corrected chi connectivity index (χ1v) is 16.6. The van der Waals surface area contributed by atoms with Crippen molar-refractivity contribution in [1.29, 1.82) is 0 Å². The van der Waals surface area contributed by atoms with E-state index in [-0.39, 0.29) is 0 Å². The molecule has 0 N–H and O–H groups in total. The second-order valence-corrected chi connectivity index (χ2v) is 21.9. The van der Waals surface area contributed by atoms with Crippen LogP contribution in [0.3, 0.4) is 0 Å². The van der Waals surface area contributed by atoms with Crippen LogP contribution in [-0.2, 0) is 0 Å². The number of hydrogen-bond acceptors (Lipinski definition) is 0. The molecule has 0 amide bonds. The van der Waals surface area contributed by atoms with E-state index < -0.39 is 18.4 Å². The number of fused-ring (bicyclic) bond motifs is 3. The zero-order valence-corrected chi connectivity index (χ0v) is 12.9. The molecule has 0 aromatic carbocycles. The van der Waals surface area contributed by atoms with Gasteiger partial charge in [-0.25, -0.2) is 0 Å². The van der Waals surface area contributed by atoms with Gasteiger partial charge in [0.1, 0.15) is 0 Å². The molecule has 2 heteroatoms. The molecule has 79 valence electrons. The van der Waals surface area contributed by atoms with Gasteiger partial charge >= 0.3 is 94.6 Å². The molecule has 2 rings (SSSR count). The van der Waals surface area contributed by atoms with E-state index in [1.54, 1.807) is 12.8 Å². The van der Waals surface area contributed by atoms with E-state index in [1.165, 1.54) is 25.7 Å². The molecule has 0 spiro atoms. The van der Waals surface area contributed by atoms with Crippen LogP contribution in [0, 0.1) is 5.92 Å². The van der Waals surface area contributed by atoms with Crippen molar-refractivity contribution in [3.8, 4) is 0 Å². The molecule has 2 fully saturated rings. The molecule has 1 unspecified atom stereocenters. The summed E-state index contributed by atoms with van der Waals surface area (Å²) in [7, 11) is 2.82. The van der Waals surface area contributed by atoms with Crippen LogP contribution < -0.4 is 0 Å². The summed E-state index contributed by atoms with van der Waals surface area (Å²) in [5.74, 6) is 2.10. The molecule has 14 heavy (non-hydrogen) atoms. The van der Waals surface area contributed by atoms with Crippen LogP contribution in [0.4, 0.5) is 0 Å². The summed E-state index contributed by atoms with van der Waals surface area (Å²) < 4.78 is 1.10. The Hall–Kier alpha value is 0.864. The van der Waals surface area contributed by atoms with E-state index in [0.717, 1.165) is 15.6 Å². The Morgan fingerprint density at radius 3 is 2.00 bits per heavy atom. The van der Waals surface area contributed by atoms with Crippen molar-refractivity contribution in [3.63, 3.8) is 0 Å². The second-order valence-electron chi connectivity index (χ2n) is 6.47. The minimum atomic E-state index is -1.66. The summed E-state index contributed by atoms with van der Waals surface area (Å²) in [5, 5.41) is 0. The molecule has 0 saturated carbocycles. The van der Waals surface area contributed by atoms with E-state index in [2.05, 4.69) is 22.1 Å². The van der Waals surface area contributed by atoms with Crippen LogP contribution >= 0.6 is 0 Å². The molecule has 2 bridgehead atoms. The minimum absolute atomic E-state index is 1.00. The Morgan fingerprint density at radius 2 is 1.50 bits per heavy atom. The van der Waals surface area contributed by atoms with Crippen molar-refractivity contribution in [2.45, 2.75) is 63.0 Å². The van der Waals surface area contributed by atoms with Gasteiger partial charge in [0, 0.05) is 0 Å². The fourth-order valence-corrected chi connectivity index (χ4v) is 11.0. The van der Waals surface area contributed by atoms with Gasteiger partial charge in [0.2, 0.25) is 0 Å². The Balaban J connectivity index is 2.16. The van der Waals surface area contributed by atoms with Crippen molar-refractivity contribution in [2.75, 3.05) is 0 Å². The molecule has 0 aromatic heterocycles. The summed E-state index contributed by atoms with van der Waals surface area (Å²) >= 11 is -1.66. The van der Waals surface area contributed by atoms with E-state index in [0.29, 0.717) is 0 Å². The predicted molar refractivity (Wildman–Crippen MR) is 67.8 cm³/mol. The average Bonchev–Trinajstić information content (AvgIpc) is 2.31. The van der Waals surface area contributed by atoms with Gasteiger partial charge in [-0.15, -0.1) is 0 Å². The molecule has 2 aliphatic heterocycles. The molecule has 1 radical (unpaired) electrons. The first kappa shape index (κ1) is 11.4. The van der Waals surface area contributed by atoms with Crippen LogP contribution in [0.25, 0.3) is 0 Å². The third-order valence-corrected chi connectivity index (χ3v) is 11.9. The third-order valence-electron chi connectivity index (χ3n) is 4.29. The van der Waals surface area contributed by atoms with Crippen LogP contribution in [-0.4, -0.2) is 25.7 Å². The zero-order chi connectivity index (χ0) is 10.2. The zero-order valence-electron chi connectivity index (χ0n) is 10.1.